The summed E-state index contributed by atoms with van der Waals surface area (Å²) in [6.07, 6.45) is 14.6. The fraction of sp³-hybridized carbons (Fsp3) is 0.750. The first-order valence-corrected chi connectivity index (χ1v) is 13.1. The van der Waals surface area contributed by atoms with Crippen molar-refractivity contribution in [2.24, 2.45) is 0 Å². The summed E-state index contributed by atoms with van der Waals surface area (Å²) in [5, 5.41) is 0. The van der Waals surface area contributed by atoms with E-state index in [0.29, 0.717) is 4.75 Å². The molecule has 0 fully saturated rings. The Morgan fingerprint density at radius 3 is 2.00 bits per heavy atom. The third-order valence-electron chi connectivity index (χ3n) is 6.36. The van der Waals surface area contributed by atoms with Crippen LogP contribution in [0.3, 0.4) is 0 Å². The molecule has 2 heteroatoms. The molecule has 1 aromatic rings. The number of hydrogen-bond donors (Lipinski definition) is 0. The molecule has 1 rings (SSSR count). The van der Waals surface area contributed by atoms with Crippen LogP contribution in [-0.2, 0) is 10.6 Å². The molecule has 0 N–H and O–H groups in total. The SMILES string of the molecule is CCC(CC)c1ccc(CCCCCCOS(C)(C)C(C)(C)CC)cc1. The van der Waals surface area contributed by atoms with Crippen LogP contribution in [0.4, 0.5) is 0 Å². The topological polar surface area (TPSA) is 9.23 Å². The van der Waals surface area contributed by atoms with E-state index in [1.807, 2.05) is 0 Å². The van der Waals surface area contributed by atoms with Crippen molar-refractivity contribution in [2.45, 2.75) is 96.7 Å². The highest BCUT2D eigenvalue weighted by Gasteiger charge is 2.31. The zero-order chi connectivity index (χ0) is 19.6. The van der Waals surface area contributed by atoms with E-state index in [1.165, 1.54) is 62.5 Å². The first-order valence-electron chi connectivity index (χ1n) is 10.7. The molecule has 0 saturated heterocycles. The predicted octanol–water partition coefficient (Wildman–Crippen LogP) is 7.88. The largest absolute Gasteiger partial charge is 0.337 e. The Morgan fingerprint density at radius 2 is 1.46 bits per heavy atom. The van der Waals surface area contributed by atoms with Gasteiger partial charge in [0.15, 0.2) is 0 Å². The molecule has 0 bridgehead atoms. The Hall–Kier alpha value is -0.470. The summed E-state index contributed by atoms with van der Waals surface area (Å²) in [4.78, 5) is 0. The van der Waals surface area contributed by atoms with Gasteiger partial charge in [-0.15, -0.1) is 10.3 Å². The highest BCUT2D eigenvalue weighted by molar-refractivity contribution is 8.29. The summed E-state index contributed by atoms with van der Waals surface area (Å²) in [7, 11) is -0.961. The van der Waals surface area contributed by atoms with E-state index in [-0.39, 0.29) is 0 Å². The van der Waals surface area contributed by atoms with E-state index >= 15 is 0 Å². The van der Waals surface area contributed by atoms with E-state index in [4.69, 9.17) is 4.18 Å². The van der Waals surface area contributed by atoms with Gasteiger partial charge in [-0.2, -0.15) is 0 Å². The molecular weight excluding hydrogens is 336 g/mol. The van der Waals surface area contributed by atoms with Gasteiger partial charge in [-0.25, -0.2) is 0 Å². The molecule has 0 radical (unpaired) electrons. The molecule has 0 heterocycles. The summed E-state index contributed by atoms with van der Waals surface area (Å²) < 4.78 is 6.60. The highest BCUT2D eigenvalue weighted by Crippen LogP contribution is 2.55. The van der Waals surface area contributed by atoms with Crippen molar-refractivity contribution in [1.29, 1.82) is 0 Å². The van der Waals surface area contributed by atoms with Crippen molar-refractivity contribution in [3.63, 3.8) is 0 Å². The second-order valence-electron chi connectivity index (χ2n) is 8.59. The molecule has 0 spiro atoms. The van der Waals surface area contributed by atoms with Gasteiger partial charge in [0.05, 0.1) is 6.61 Å². The van der Waals surface area contributed by atoms with Crippen LogP contribution in [0.5, 0.6) is 0 Å². The molecular formula is C24H44OS. The van der Waals surface area contributed by atoms with Gasteiger partial charge in [0.25, 0.3) is 0 Å². The van der Waals surface area contributed by atoms with Crippen molar-refractivity contribution in [3.8, 4) is 0 Å². The van der Waals surface area contributed by atoms with E-state index in [1.54, 1.807) is 0 Å². The lowest BCUT2D eigenvalue weighted by Gasteiger charge is -2.45. The Balaban J connectivity index is 2.21. The molecule has 0 aliphatic rings. The fourth-order valence-electron chi connectivity index (χ4n) is 3.28. The lowest BCUT2D eigenvalue weighted by Crippen LogP contribution is -2.28. The minimum absolute atomic E-state index is 0.313. The molecule has 26 heavy (non-hydrogen) atoms. The Labute approximate surface area is 165 Å². The molecule has 0 aliphatic carbocycles. The number of rotatable bonds is 13. The average molecular weight is 381 g/mol. The number of aryl methyl sites for hydroxylation is 1. The van der Waals surface area contributed by atoms with Crippen LogP contribution in [0, 0.1) is 0 Å². The van der Waals surface area contributed by atoms with Crippen LogP contribution in [0.25, 0.3) is 0 Å². The van der Waals surface area contributed by atoms with Gasteiger partial charge < -0.3 is 4.18 Å². The number of benzene rings is 1. The zero-order valence-electron chi connectivity index (χ0n) is 18.6. The van der Waals surface area contributed by atoms with Crippen LogP contribution >= 0.6 is 10.3 Å². The lowest BCUT2D eigenvalue weighted by atomic mass is 9.93. The van der Waals surface area contributed by atoms with Crippen LogP contribution in [0.15, 0.2) is 24.3 Å². The molecule has 0 atom stereocenters. The maximum Gasteiger partial charge on any atom is 0.0592 e. The molecule has 0 aromatic heterocycles. The smallest absolute Gasteiger partial charge is 0.0592 e. The van der Waals surface area contributed by atoms with Crippen molar-refractivity contribution < 1.29 is 4.18 Å². The fourth-order valence-corrected chi connectivity index (χ4v) is 4.82. The zero-order valence-corrected chi connectivity index (χ0v) is 19.4. The second kappa shape index (κ2) is 11.4. The molecule has 152 valence electrons. The standard InChI is InChI=1S/C24H44OS/c1-8-22(9-2)23-18-16-21(17-19-23)15-13-11-12-14-20-25-26(6,7)24(4,5)10-3/h16-19,22H,8-15,20H2,1-7H3. The monoisotopic (exact) mass is 380 g/mol. The molecule has 1 nitrogen and oxygen atoms in total. The molecule has 0 saturated carbocycles. The summed E-state index contributed by atoms with van der Waals surface area (Å²) in [5.41, 5.74) is 3.00. The first kappa shape index (κ1) is 23.6. The maximum absolute atomic E-state index is 6.29. The van der Waals surface area contributed by atoms with Gasteiger partial charge in [-0.1, -0.05) is 71.7 Å². The summed E-state index contributed by atoms with van der Waals surface area (Å²) in [6.45, 7) is 12.5. The number of unbranched alkanes of at least 4 members (excludes halogenated alkanes) is 3. The maximum atomic E-state index is 6.29. The lowest BCUT2D eigenvalue weighted by molar-refractivity contribution is 0.331. The summed E-state index contributed by atoms with van der Waals surface area (Å²) in [5.74, 6) is 0.730. The summed E-state index contributed by atoms with van der Waals surface area (Å²) >= 11 is 0. The molecule has 0 amide bonds. The highest BCUT2D eigenvalue weighted by atomic mass is 32.3. The van der Waals surface area contributed by atoms with Crippen LogP contribution < -0.4 is 0 Å². The minimum Gasteiger partial charge on any atom is -0.337 e. The van der Waals surface area contributed by atoms with Gasteiger partial charge in [0.2, 0.25) is 0 Å². The van der Waals surface area contributed by atoms with Gasteiger partial charge in [0, 0.05) is 4.75 Å². The first-order chi connectivity index (χ1) is 12.3. The van der Waals surface area contributed by atoms with Gasteiger partial charge in [-0.05, 0) is 68.1 Å². The van der Waals surface area contributed by atoms with Crippen LogP contribution in [-0.4, -0.2) is 23.9 Å². The van der Waals surface area contributed by atoms with Crippen molar-refractivity contribution in [1.82, 2.24) is 0 Å². The van der Waals surface area contributed by atoms with E-state index in [0.717, 1.165) is 12.5 Å². The molecule has 1 aromatic carbocycles. The molecule has 0 aliphatic heterocycles. The number of hydrogen-bond acceptors (Lipinski definition) is 1. The Bertz CT molecular complexity index is 485. The van der Waals surface area contributed by atoms with Gasteiger partial charge in [-0.3, -0.25) is 0 Å². The van der Waals surface area contributed by atoms with E-state index in [9.17, 15) is 0 Å². The van der Waals surface area contributed by atoms with Crippen molar-refractivity contribution >= 4 is 10.3 Å². The molecule has 0 unspecified atom stereocenters. The quantitative estimate of drug-likeness (QED) is 0.316. The minimum atomic E-state index is -0.961. The van der Waals surface area contributed by atoms with Crippen molar-refractivity contribution in [2.75, 3.05) is 19.1 Å². The Kier molecular flexibility index (Phi) is 10.3. The summed E-state index contributed by atoms with van der Waals surface area (Å²) in [6, 6.07) is 9.38. The third-order valence-corrected chi connectivity index (χ3v) is 10.1. The van der Waals surface area contributed by atoms with E-state index in [2.05, 4.69) is 71.4 Å². The van der Waals surface area contributed by atoms with Crippen LogP contribution in [0.2, 0.25) is 0 Å². The Morgan fingerprint density at radius 1 is 0.885 bits per heavy atom. The van der Waals surface area contributed by atoms with E-state index < -0.39 is 10.3 Å². The van der Waals surface area contributed by atoms with Crippen molar-refractivity contribution in [3.05, 3.63) is 35.4 Å². The average Bonchev–Trinajstić information content (AvgIpc) is 2.62. The van der Waals surface area contributed by atoms with Crippen LogP contribution in [0.1, 0.15) is 96.6 Å². The predicted molar refractivity (Wildman–Crippen MR) is 122 cm³/mol. The second-order valence-corrected chi connectivity index (χ2v) is 12.4. The van der Waals surface area contributed by atoms with Gasteiger partial charge in [0.1, 0.15) is 0 Å². The third kappa shape index (κ3) is 7.27. The van der Waals surface area contributed by atoms with Gasteiger partial charge >= 0.3 is 0 Å². The normalized spacial score (nSPS) is 13.4.